The van der Waals surface area contributed by atoms with E-state index >= 15 is 0 Å². The number of nitrogens with zero attached hydrogens (tertiary/aromatic N) is 3. The minimum absolute atomic E-state index is 0.152. The molecule has 0 aliphatic carbocycles. The summed E-state index contributed by atoms with van der Waals surface area (Å²) in [6.07, 6.45) is 1.57. The van der Waals surface area contributed by atoms with Gasteiger partial charge in [-0.3, -0.25) is 10.2 Å². The Hall–Kier alpha value is -3.17. The Morgan fingerprint density at radius 3 is 2.44 bits per heavy atom. The van der Waals surface area contributed by atoms with Crippen molar-refractivity contribution in [3.05, 3.63) is 85.3 Å². The first-order valence-electron chi connectivity index (χ1n) is 7.78. The number of carbonyl (C=O) groups excluding carboxylic acids is 1. The number of benzene rings is 2. The van der Waals surface area contributed by atoms with E-state index in [1.807, 2.05) is 24.3 Å². The first-order valence-corrected chi connectivity index (χ1v) is 9.00. The zero-order valence-corrected chi connectivity index (χ0v) is 15.2. The highest BCUT2D eigenvalue weighted by Gasteiger charge is 2.17. The molecule has 27 heavy (non-hydrogen) atoms. The second-order valence-electron chi connectivity index (χ2n) is 5.53. The molecule has 0 saturated carbocycles. The molecule has 2 heterocycles. The van der Waals surface area contributed by atoms with Crippen LogP contribution in [0.5, 0.6) is 5.88 Å². The maximum Gasteiger partial charge on any atom is 0.273 e. The number of hydrogen-bond acceptors (Lipinski definition) is 6. The summed E-state index contributed by atoms with van der Waals surface area (Å²) in [7, 11) is 0. The number of aromatic hydroxyl groups is 1. The number of nitrogens with one attached hydrogen (secondary N) is 1. The number of hydrogen-bond donors (Lipinski definition) is 2. The maximum atomic E-state index is 13.8. The van der Waals surface area contributed by atoms with Gasteiger partial charge in [-0.05, 0) is 36.5 Å². The minimum atomic E-state index is -0.723. The third kappa shape index (κ3) is 3.29. The Kier molecular flexibility index (Phi) is 4.38. The van der Waals surface area contributed by atoms with E-state index in [9.17, 15) is 14.3 Å². The average Bonchev–Trinajstić information content (AvgIpc) is 3.17. The van der Waals surface area contributed by atoms with Gasteiger partial charge in [0.25, 0.3) is 5.91 Å². The molecule has 0 fully saturated rings. The summed E-state index contributed by atoms with van der Waals surface area (Å²) >= 11 is 6.27. The molecule has 1 aliphatic rings. The van der Waals surface area contributed by atoms with Gasteiger partial charge in [-0.15, -0.1) is 0 Å². The van der Waals surface area contributed by atoms with E-state index in [2.05, 4.69) is 15.4 Å². The predicted octanol–water partition coefficient (Wildman–Crippen LogP) is 2.76. The lowest BCUT2D eigenvalue weighted by Crippen LogP contribution is -2.23. The zero-order valence-electron chi connectivity index (χ0n) is 13.6. The third-order valence-electron chi connectivity index (χ3n) is 3.76. The molecule has 0 atom stereocenters. The number of thiazole rings is 1. The fourth-order valence-electron chi connectivity index (χ4n) is 2.49. The number of carbonyl (C=O) groups is 1. The topological polar surface area (TPSA) is 79.0 Å². The molecule has 0 unspecified atom stereocenters. The predicted molar refractivity (Wildman–Crippen MR) is 102 cm³/mol. The molecule has 3 aromatic rings. The highest BCUT2D eigenvalue weighted by Crippen LogP contribution is 2.28. The van der Waals surface area contributed by atoms with E-state index in [1.54, 1.807) is 12.1 Å². The summed E-state index contributed by atoms with van der Waals surface area (Å²) in [6, 6.07) is 12.9. The first-order chi connectivity index (χ1) is 13.0. The molecule has 2 aromatic carbocycles. The summed E-state index contributed by atoms with van der Waals surface area (Å²) in [4.78, 5) is 21.4. The van der Waals surface area contributed by atoms with Crippen molar-refractivity contribution in [2.45, 2.75) is 0 Å². The molecule has 1 amide bonds. The molecule has 134 valence electrons. The average molecular weight is 398 g/mol. The number of rotatable bonds is 3. The second-order valence-corrected chi connectivity index (χ2v) is 7.20. The number of halogens is 1. The van der Waals surface area contributed by atoms with Gasteiger partial charge in [0.2, 0.25) is 5.88 Å². The quantitative estimate of drug-likeness (QED) is 0.666. The van der Waals surface area contributed by atoms with Crippen LogP contribution in [0.2, 0.25) is 0 Å². The van der Waals surface area contributed by atoms with Gasteiger partial charge in [0.15, 0.2) is 9.78 Å². The van der Waals surface area contributed by atoms with Gasteiger partial charge < -0.3 is 5.11 Å². The molecule has 9 heteroatoms. The summed E-state index contributed by atoms with van der Waals surface area (Å²) in [5.41, 5.74) is 2.25. The maximum absolute atomic E-state index is 13.8. The van der Waals surface area contributed by atoms with Crippen molar-refractivity contribution in [2.75, 3.05) is 5.43 Å². The van der Waals surface area contributed by atoms with Crippen LogP contribution in [-0.2, 0) is 0 Å². The normalized spacial score (nSPS) is 12.1. The lowest BCUT2D eigenvalue weighted by molar-refractivity contribution is 0.100. The van der Waals surface area contributed by atoms with E-state index in [0.717, 1.165) is 26.7 Å². The van der Waals surface area contributed by atoms with Gasteiger partial charge in [-0.1, -0.05) is 35.6 Å². The van der Waals surface area contributed by atoms with E-state index in [0.29, 0.717) is 10.7 Å². The van der Waals surface area contributed by atoms with E-state index in [4.69, 9.17) is 12.2 Å². The minimum Gasteiger partial charge on any atom is -0.492 e. The second kappa shape index (κ2) is 6.86. The van der Waals surface area contributed by atoms with Crippen molar-refractivity contribution in [1.82, 2.24) is 4.68 Å². The van der Waals surface area contributed by atoms with Crippen LogP contribution in [0.25, 0.3) is 6.08 Å². The van der Waals surface area contributed by atoms with Gasteiger partial charge in [0, 0.05) is 6.08 Å². The van der Waals surface area contributed by atoms with Crippen LogP contribution in [0.15, 0.2) is 64.3 Å². The fraction of sp³-hybridized carbons (Fsp3) is 0. The monoisotopic (exact) mass is 398 g/mol. The molecular formula is C18H11FN4O2S2. The lowest BCUT2D eigenvalue weighted by atomic mass is 10.2. The van der Waals surface area contributed by atoms with Gasteiger partial charge in [0.1, 0.15) is 5.82 Å². The van der Waals surface area contributed by atoms with Gasteiger partial charge in [-0.2, -0.15) is 4.68 Å². The van der Waals surface area contributed by atoms with Crippen molar-refractivity contribution in [3.63, 3.8) is 0 Å². The van der Waals surface area contributed by atoms with Gasteiger partial charge in [0.05, 0.1) is 21.2 Å². The van der Waals surface area contributed by atoms with Gasteiger partial charge >= 0.3 is 0 Å². The standard InChI is InChI=1S/C18H11FN4O2S2/c19-11-6-2-1-5-10(11)16(24)22-23-17(25)14(27-18(23)26)9-15-20-12-7-3-4-8-13(12)21-15/h1-9,25H,(H,22,24). The molecular weight excluding hydrogens is 387 g/mol. The van der Waals surface area contributed by atoms with Crippen molar-refractivity contribution in [2.24, 2.45) is 9.98 Å². The van der Waals surface area contributed by atoms with Crippen LogP contribution in [0.1, 0.15) is 15.2 Å². The molecule has 0 bridgehead atoms. The van der Waals surface area contributed by atoms with Crippen LogP contribution < -0.4 is 16.1 Å². The molecule has 1 aliphatic heterocycles. The number of para-hydroxylation sites is 2. The van der Waals surface area contributed by atoms with Crippen LogP contribution in [0.4, 0.5) is 4.39 Å². The van der Waals surface area contributed by atoms with Crippen molar-refractivity contribution in [1.29, 1.82) is 0 Å². The van der Waals surface area contributed by atoms with Crippen LogP contribution >= 0.6 is 23.6 Å². The summed E-state index contributed by atoms with van der Waals surface area (Å²) in [5.74, 6) is -1.25. The SMILES string of the molecule is O=C(Nn1c(O)c(C=C2N=c3ccccc3=N2)sc1=S)c1ccccc1F. The van der Waals surface area contributed by atoms with Crippen molar-refractivity contribution >= 4 is 35.5 Å². The fourth-order valence-corrected chi connectivity index (χ4v) is 3.65. The van der Waals surface area contributed by atoms with E-state index in [-0.39, 0.29) is 15.4 Å². The Morgan fingerprint density at radius 1 is 1.15 bits per heavy atom. The molecule has 2 N–H and O–H groups in total. The summed E-state index contributed by atoms with van der Waals surface area (Å²) < 4.78 is 15.0. The number of amides is 1. The van der Waals surface area contributed by atoms with Crippen molar-refractivity contribution < 1.29 is 14.3 Å². The highest BCUT2D eigenvalue weighted by molar-refractivity contribution is 7.73. The van der Waals surface area contributed by atoms with Gasteiger partial charge in [-0.25, -0.2) is 14.4 Å². The Balaban J connectivity index is 1.66. The van der Waals surface area contributed by atoms with E-state index < -0.39 is 11.7 Å². The molecule has 6 nitrogen and oxygen atoms in total. The summed E-state index contributed by atoms with van der Waals surface area (Å²) in [5, 5.41) is 11.9. The highest BCUT2D eigenvalue weighted by atomic mass is 32.1. The number of fused-ring (bicyclic) bond motifs is 1. The lowest BCUT2D eigenvalue weighted by Gasteiger charge is -2.07. The van der Waals surface area contributed by atoms with Crippen LogP contribution in [0.3, 0.4) is 0 Å². The molecule has 4 rings (SSSR count). The zero-order chi connectivity index (χ0) is 19.0. The largest absolute Gasteiger partial charge is 0.492 e. The molecule has 1 aromatic heterocycles. The third-order valence-corrected chi connectivity index (χ3v) is 5.07. The smallest absolute Gasteiger partial charge is 0.273 e. The molecule has 0 saturated heterocycles. The van der Waals surface area contributed by atoms with Crippen LogP contribution in [-0.4, -0.2) is 15.7 Å². The molecule has 0 spiro atoms. The molecule has 0 radical (unpaired) electrons. The summed E-state index contributed by atoms with van der Waals surface area (Å²) in [6.45, 7) is 0. The van der Waals surface area contributed by atoms with Crippen molar-refractivity contribution in [3.8, 4) is 5.88 Å². The Labute approximate surface area is 161 Å². The number of aromatic nitrogens is 1. The first kappa shape index (κ1) is 17.3. The Morgan fingerprint density at radius 2 is 1.78 bits per heavy atom. The van der Waals surface area contributed by atoms with E-state index in [1.165, 1.54) is 18.2 Å². The van der Waals surface area contributed by atoms with Crippen LogP contribution in [0, 0.1) is 9.77 Å². The Bertz CT molecular complexity index is 1240.